The standard InChI is InChI=1S/C20H25NO5S/c1-13(2)27(23,24)17-9-6-15(7-10-17)20(22)21-14(3)18-12-16(25-4)8-11-19(18)26-5/h6-14H,1-5H3,(H,21,22)/t14-/m0/s1. The molecule has 0 fully saturated rings. The molecule has 7 heteroatoms. The lowest BCUT2D eigenvalue weighted by molar-refractivity contribution is 0.0939. The minimum absolute atomic E-state index is 0.205. The highest BCUT2D eigenvalue weighted by atomic mass is 32.2. The largest absolute Gasteiger partial charge is 0.497 e. The van der Waals surface area contributed by atoms with Gasteiger partial charge < -0.3 is 14.8 Å². The van der Waals surface area contributed by atoms with Crippen LogP contribution in [0.2, 0.25) is 0 Å². The van der Waals surface area contributed by atoms with Crippen LogP contribution >= 0.6 is 0 Å². The van der Waals surface area contributed by atoms with E-state index in [0.29, 0.717) is 17.1 Å². The van der Waals surface area contributed by atoms with Crippen molar-refractivity contribution in [3.63, 3.8) is 0 Å². The molecule has 2 aromatic rings. The molecule has 0 radical (unpaired) electrons. The number of carbonyl (C=O) groups excluding carboxylic acids is 1. The zero-order valence-electron chi connectivity index (χ0n) is 16.1. The second-order valence-corrected chi connectivity index (χ2v) is 8.93. The van der Waals surface area contributed by atoms with E-state index in [1.807, 2.05) is 13.0 Å². The average molecular weight is 391 g/mol. The van der Waals surface area contributed by atoms with Crippen LogP contribution in [0, 0.1) is 0 Å². The van der Waals surface area contributed by atoms with E-state index in [9.17, 15) is 13.2 Å². The number of carbonyl (C=O) groups is 1. The van der Waals surface area contributed by atoms with Crippen molar-refractivity contribution in [1.29, 1.82) is 0 Å². The molecule has 0 bridgehead atoms. The first-order valence-corrected chi connectivity index (χ1v) is 10.1. The molecular weight excluding hydrogens is 366 g/mol. The van der Waals surface area contributed by atoms with Crippen LogP contribution in [0.3, 0.4) is 0 Å². The van der Waals surface area contributed by atoms with Crippen molar-refractivity contribution in [1.82, 2.24) is 5.32 Å². The Morgan fingerprint density at radius 1 is 0.963 bits per heavy atom. The number of nitrogens with one attached hydrogen (secondary N) is 1. The molecule has 0 saturated heterocycles. The fourth-order valence-electron chi connectivity index (χ4n) is 2.60. The van der Waals surface area contributed by atoms with Gasteiger partial charge in [-0.15, -0.1) is 0 Å². The Balaban J connectivity index is 2.20. The molecule has 0 aromatic heterocycles. The smallest absolute Gasteiger partial charge is 0.251 e. The second-order valence-electron chi connectivity index (χ2n) is 6.42. The van der Waals surface area contributed by atoms with E-state index in [0.717, 1.165) is 5.56 Å². The predicted molar refractivity (Wildman–Crippen MR) is 104 cm³/mol. The number of hydrogen-bond donors (Lipinski definition) is 1. The molecule has 0 aliphatic carbocycles. The SMILES string of the molecule is COc1ccc(OC)c([C@H](C)NC(=O)c2ccc(S(=O)(=O)C(C)C)cc2)c1. The molecule has 27 heavy (non-hydrogen) atoms. The molecule has 2 rings (SSSR count). The lowest BCUT2D eigenvalue weighted by Gasteiger charge is -2.18. The van der Waals surface area contributed by atoms with Gasteiger partial charge in [0.25, 0.3) is 5.91 Å². The number of sulfone groups is 1. The minimum Gasteiger partial charge on any atom is -0.497 e. The van der Waals surface area contributed by atoms with Crippen LogP contribution in [-0.4, -0.2) is 33.8 Å². The Morgan fingerprint density at radius 2 is 1.59 bits per heavy atom. The van der Waals surface area contributed by atoms with Gasteiger partial charge in [0, 0.05) is 11.1 Å². The number of hydrogen-bond acceptors (Lipinski definition) is 5. The van der Waals surface area contributed by atoms with Crippen LogP contribution in [0.1, 0.15) is 42.7 Å². The molecule has 0 heterocycles. The van der Waals surface area contributed by atoms with Gasteiger partial charge in [-0.1, -0.05) is 0 Å². The predicted octanol–water partition coefficient (Wildman–Crippen LogP) is 3.38. The average Bonchev–Trinajstić information content (AvgIpc) is 2.67. The zero-order chi connectivity index (χ0) is 20.2. The quantitative estimate of drug-likeness (QED) is 0.782. The summed E-state index contributed by atoms with van der Waals surface area (Å²) < 4.78 is 34.9. The summed E-state index contributed by atoms with van der Waals surface area (Å²) in [5, 5.41) is 2.38. The number of ether oxygens (including phenoxy) is 2. The van der Waals surface area contributed by atoms with Gasteiger partial charge in [-0.05, 0) is 63.2 Å². The van der Waals surface area contributed by atoms with Gasteiger partial charge in [-0.2, -0.15) is 0 Å². The van der Waals surface area contributed by atoms with Crippen LogP contribution < -0.4 is 14.8 Å². The summed E-state index contributed by atoms with van der Waals surface area (Å²) in [6, 6.07) is 11.0. The van der Waals surface area contributed by atoms with Crippen LogP contribution in [0.15, 0.2) is 47.4 Å². The Hall–Kier alpha value is -2.54. The van der Waals surface area contributed by atoms with Gasteiger partial charge in [-0.3, -0.25) is 4.79 Å². The van der Waals surface area contributed by atoms with Gasteiger partial charge in [0.2, 0.25) is 0 Å². The lowest BCUT2D eigenvalue weighted by Crippen LogP contribution is -2.27. The molecule has 1 amide bonds. The first kappa shape index (κ1) is 20.8. The normalized spacial score (nSPS) is 12.5. The van der Waals surface area contributed by atoms with Crippen molar-refractivity contribution in [2.75, 3.05) is 14.2 Å². The van der Waals surface area contributed by atoms with Crippen LogP contribution in [0.25, 0.3) is 0 Å². The third-order valence-electron chi connectivity index (χ3n) is 4.32. The molecule has 0 aliphatic rings. The van der Waals surface area contributed by atoms with E-state index in [2.05, 4.69) is 5.32 Å². The Bertz CT molecular complexity index is 904. The van der Waals surface area contributed by atoms with Gasteiger partial charge in [-0.25, -0.2) is 8.42 Å². The van der Waals surface area contributed by atoms with Gasteiger partial charge in [0.05, 0.1) is 30.4 Å². The van der Waals surface area contributed by atoms with Crippen molar-refractivity contribution in [2.24, 2.45) is 0 Å². The summed E-state index contributed by atoms with van der Waals surface area (Å²) in [4.78, 5) is 12.7. The number of amides is 1. The minimum atomic E-state index is -3.36. The van der Waals surface area contributed by atoms with Crippen LogP contribution in [0.4, 0.5) is 0 Å². The maximum atomic E-state index is 12.5. The molecule has 2 aromatic carbocycles. The Kier molecular flexibility index (Phi) is 6.49. The second kappa shape index (κ2) is 8.43. The number of benzene rings is 2. The highest BCUT2D eigenvalue weighted by Crippen LogP contribution is 2.29. The summed E-state index contributed by atoms with van der Waals surface area (Å²) in [6.45, 7) is 5.09. The maximum absolute atomic E-state index is 12.5. The van der Waals surface area contributed by atoms with Crippen molar-refractivity contribution < 1.29 is 22.7 Å². The van der Waals surface area contributed by atoms with Gasteiger partial charge >= 0.3 is 0 Å². The van der Waals surface area contributed by atoms with Gasteiger partial charge in [0.1, 0.15) is 11.5 Å². The van der Waals surface area contributed by atoms with Crippen LogP contribution in [0.5, 0.6) is 11.5 Å². The van der Waals surface area contributed by atoms with E-state index in [1.165, 1.54) is 24.3 Å². The fraction of sp³-hybridized carbons (Fsp3) is 0.350. The third kappa shape index (κ3) is 4.60. The van der Waals surface area contributed by atoms with E-state index < -0.39 is 15.1 Å². The van der Waals surface area contributed by atoms with Crippen molar-refractivity contribution in [2.45, 2.75) is 37.0 Å². The summed E-state index contributed by atoms with van der Waals surface area (Å²) in [5.41, 5.74) is 1.16. The molecular formula is C20H25NO5S. The number of rotatable bonds is 7. The maximum Gasteiger partial charge on any atom is 0.251 e. The highest BCUT2D eigenvalue weighted by molar-refractivity contribution is 7.92. The summed E-state index contributed by atoms with van der Waals surface area (Å²) in [5.74, 6) is 0.998. The fourth-order valence-corrected chi connectivity index (χ4v) is 3.66. The molecule has 146 valence electrons. The summed E-state index contributed by atoms with van der Waals surface area (Å²) in [7, 11) is -0.230. The van der Waals surface area contributed by atoms with Gasteiger partial charge in [0.15, 0.2) is 9.84 Å². The van der Waals surface area contributed by atoms with E-state index in [4.69, 9.17) is 9.47 Å². The molecule has 0 aliphatic heterocycles. The van der Waals surface area contributed by atoms with E-state index in [1.54, 1.807) is 40.2 Å². The molecule has 1 atom stereocenters. The molecule has 6 nitrogen and oxygen atoms in total. The molecule has 0 spiro atoms. The topological polar surface area (TPSA) is 81.7 Å². The molecule has 1 N–H and O–H groups in total. The highest BCUT2D eigenvalue weighted by Gasteiger charge is 2.20. The molecule has 0 saturated carbocycles. The molecule has 0 unspecified atom stereocenters. The Labute approximate surface area is 160 Å². The van der Waals surface area contributed by atoms with Crippen molar-refractivity contribution >= 4 is 15.7 Å². The van der Waals surface area contributed by atoms with E-state index >= 15 is 0 Å². The first-order valence-electron chi connectivity index (χ1n) is 8.57. The zero-order valence-corrected chi connectivity index (χ0v) is 17.0. The van der Waals surface area contributed by atoms with Crippen LogP contribution in [-0.2, 0) is 9.84 Å². The number of methoxy groups -OCH3 is 2. The lowest BCUT2D eigenvalue weighted by atomic mass is 10.1. The van der Waals surface area contributed by atoms with Crippen molar-refractivity contribution in [3.8, 4) is 11.5 Å². The monoisotopic (exact) mass is 391 g/mol. The first-order chi connectivity index (χ1) is 12.7. The third-order valence-corrected chi connectivity index (χ3v) is 6.49. The van der Waals surface area contributed by atoms with Crippen molar-refractivity contribution in [3.05, 3.63) is 53.6 Å². The Morgan fingerprint density at radius 3 is 2.11 bits per heavy atom. The summed E-state index contributed by atoms with van der Waals surface area (Å²) in [6.07, 6.45) is 0. The van der Waals surface area contributed by atoms with E-state index in [-0.39, 0.29) is 16.8 Å². The summed E-state index contributed by atoms with van der Waals surface area (Å²) >= 11 is 0.